The van der Waals surface area contributed by atoms with Gasteiger partial charge in [-0.25, -0.2) is 13.6 Å². The zero-order chi connectivity index (χ0) is 40.8. The summed E-state index contributed by atoms with van der Waals surface area (Å²) in [7, 11) is 0. The number of piperidine rings is 1. The number of carbonyl (C=O) groups is 7. The Morgan fingerprint density at radius 1 is 0.807 bits per heavy atom. The molecule has 4 saturated heterocycles. The van der Waals surface area contributed by atoms with E-state index >= 15 is 0 Å². The summed E-state index contributed by atoms with van der Waals surface area (Å²) in [5.74, 6) is -6.25. The van der Waals surface area contributed by atoms with E-state index in [4.69, 9.17) is 4.74 Å². The molecular weight excluding hydrogens is 740 g/mol. The van der Waals surface area contributed by atoms with E-state index in [2.05, 4.69) is 10.6 Å². The summed E-state index contributed by atoms with van der Waals surface area (Å²) in [5.41, 5.74) is 0.156. The number of nitrogens with one attached hydrogen (secondary N) is 2. The Labute approximate surface area is 332 Å². The number of ketones is 1. The Morgan fingerprint density at radius 2 is 1.47 bits per heavy atom. The number of Topliss-reactive ketones (excluding diaryl/α,β-unsaturated/α-hetero) is 1. The second-order valence-corrected chi connectivity index (χ2v) is 17.0. The molecular formula is C42H57F2N5O8. The average Bonchev–Trinajstić information content (AvgIpc) is 3.84. The van der Waals surface area contributed by atoms with E-state index in [-0.39, 0.29) is 56.0 Å². The maximum atomic E-state index is 14.5. The first-order valence-electron chi connectivity index (χ1n) is 20.9. The van der Waals surface area contributed by atoms with E-state index in [1.54, 1.807) is 6.92 Å². The Kier molecular flexibility index (Phi) is 14.0. The SMILES string of the molecule is C[C@@H]1C[C@H]2C(=O)OC[C@H](NC(=O)[C@H](CC(=O)CCC3CCCCC3)Cc3cc(F)cc(F)c3)C(=O)N3CCC[C@H]3C(=O)N3CCCC[C@H]3C(=O)N[C@@H](C)C(=O)N2C1. The maximum Gasteiger partial charge on any atom is 0.328 e. The summed E-state index contributed by atoms with van der Waals surface area (Å²) in [4.78, 5) is 102. The smallest absolute Gasteiger partial charge is 0.328 e. The minimum absolute atomic E-state index is 0.0745. The highest BCUT2D eigenvalue weighted by Gasteiger charge is 2.46. The van der Waals surface area contributed by atoms with Crippen molar-refractivity contribution in [2.24, 2.45) is 17.8 Å². The summed E-state index contributed by atoms with van der Waals surface area (Å²) < 4.78 is 34.3. The van der Waals surface area contributed by atoms with Gasteiger partial charge in [-0.3, -0.25) is 28.8 Å². The van der Waals surface area contributed by atoms with Crippen molar-refractivity contribution in [2.75, 3.05) is 26.2 Å². The predicted molar refractivity (Wildman–Crippen MR) is 203 cm³/mol. The van der Waals surface area contributed by atoms with Gasteiger partial charge in [0.2, 0.25) is 29.5 Å². The van der Waals surface area contributed by atoms with Crippen LogP contribution in [0, 0.1) is 29.4 Å². The number of nitrogens with zero attached hydrogens (tertiary/aromatic N) is 3. The lowest BCUT2D eigenvalue weighted by atomic mass is 9.84. The Bertz CT molecular complexity index is 1680. The van der Waals surface area contributed by atoms with Crippen LogP contribution in [0.2, 0.25) is 0 Å². The zero-order valence-corrected chi connectivity index (χ0v) is 33.1. The quantitative estimate of drug-likeness (QED) is 0.359. The molecule has 57 heavy (non-hydrogen) atoms. The molecule has 1 aliphatic carbocycles. The highest BCUT2D eigenvalue weighted by atomic mass is 19.1. The Balaban J connectivity index is 1.28. The fraction of sp³-hybridized carbons (Fsp3) is 0.690. The van der Waals surface area contributed by atoms with Crippen molar-refractivity contribution < 1.29 is 47.1 Å². The van der Waals surface area contributed by atoms with Gasteiger partial charge in [0.15, 0.2) is 0 Å². The fourth-order valence-electron chi connectivity index (χ4n) is 9.49. The van der Waals surface area contributed by atoms with Crippen LogP contribution in [0.3, 0.4) is 0 Å². The van der Waals surface area contributed by atoms with Crippen LogP contribution in [0.15, 0.2) is 18.2 Å². The van der Waals surface area contributed by atoms with Crippen molar-refractivity contribution in [3.63, 3.8) is 0 Å². The molecule has 15 heteroatoms. The molecule has 5 fully saturated rings. The van der Waals surface area contributed by atoms with Gasteiger partial charge in [0.25, 0.3) is 0 Å². The molecule has 1 aromatic carbocycles. The Hall–Kier alpha value is -4.43. The minimum Gasteiger partial charge on any atom is -0.461 e. The molecule has 5 aliphatic rings. The lowest BCUT2D eigenvalue weighted by Crippen LogP contribution is -2.61. The number of ether oxygens (including phenoxy) is 1. The molecule has 6 rings (SSSR count). The lowest BCUT2D eigenvalue weighted by molar-refractivity contribution is -0.158. The number of esters is 1. The number of cyclic esters (lactones) is 1. The molecule has 5 amide bonds. The van der Waals surface area contributed by atoms with Gasteiger partial charge >= 0.3 is 5.97 Å². The predicted octanol–water partition coefficient (Wildman–Crippen LogP) is 3.60. The second kappa shape index (κ2) is 18.9. The van der Waals surface area contributed by atoms with Gasteiger partial charge in [-0.1, -0.05) is 39.0 Å². The zero-order valence-electron chi connectivity index (χ0n) is 33.1. The first kappa shape index (κ1) is 42.2. The number of benzene rings is 1. The van der Waals surface area contributed by atoms with Gasteiger partial charge < -0.3 is 30.1 Å². The summed E-state index contributed by atoms with van der Waals surface area (Å²) in [5, 5.41) is 5.48. The number of rotatable bonds is 9. The molecule has 13 nitrogen and oxygen atoms in total. The number of hydrogen-bond donors (Lipinski definition) is 2. The lowest BCUT2D eigenvalue weighted by Gasteiger charge is -2.39. The van der Waals surface area contributed by atoms with Crippen molar-refractivity contribution >= 4 is 41.3 Å². The van der Waals surface area contributed by atoms with Gasteiger partial charge in [-0.2, -0.15) is 0 Å². The highest BCUT2D eigenvalue weighted by Crippen LogP contribution is 2.30. The third kappa shape index (κ3) is 10.4. The van der Waals surface area contributed by atoms with Crippen molar-refractivity contribution in [3.05, 3.63) is 35.4 Å². The average molecular weight is 798 g/mol. The molecule has 4 heterocycles. The molecule has 0 aromatic heterocycles. The molecule has 0 spiro atoms. The van der Waals surface area contributed by atoms with Gasteiger partial charge in [0.05, 0.1) is 0 Å². The second-order valence-electron chi connectivity index (χ2n) is 17.0. The molecule has 0 bridgehead atoms. The van der Waals surface area contributed by atoms with E-state index in [0.717, 1.165) is 37.8 Å². The first-order valence-corrected chi connectivity index (χ1v) is 20.9. The molecule has 312 valence electrons. The highest BCUT2D eigenvalue weighted by molar-refractivity contribution is 5.97. The van der Waals surface area contributed by atoms with Crippen molar-refractivity contribution in [1.29, 1.82) is 0 Å². The van der Waals surface area contributed by atoms with Crippen molar-refractivity contribution in [2.45, 2.75) is 140 Å². The van der Waals surface area contributed by atoms with Crippen molar-refractivity contribution in [1.82, 2.24) is 25.3 Å². The van der Waals surface area contributed by atoms with E-state index in [1.165, 1.54) is 21.1 Å². The maximum absolute atomic E-state index is 14.5. The van der Waals surface area contributed by atoms with Crippen LogP contribution in [-0.4, -0.2) is 112 Å². The van der Waals surface area contributed by atoms with Gasteiger partial charge in [0.1, 0.15) is 54.2 Å². The van der Waals surface area contributed by atoms with Crippen LogP contribution in [0.25, 0.3) is 0 Å². The summed E-state index contributed by atoms with van der Waals surface area (Å²) in [6, 6.07) is -2.39. The molecule has 0 radical (unpaired) electrons. The molecule has 7 atom stereocenters. The minimum atomic E-state index is -1.49. The number of hydrogen-bond acceptors (Lipinski definition) is 8. The van der Waals surface area contributed by atoms with Crippen molar-refractivity contribution in [3.8, 4) is 0 Å². The van der Waals surface area contributed by atoms with Crippen LogP contribution in [0.1, 0.15) is 109 Å². The normalized spacial score (nSPS) is 28.6. The standard InChI is InChI=1S/C42H57F2N5O8/c1-25-17-36-42(56)57-24-33(46-37(51)29(18-28-19-30(43)22-31(44)20-28)21-32(50)14-13-27-9-4-3-5-10-27)40(54)48-16-8-12-35(48)41(55)47-15-7-6-11-34(47)38(52)45-26(2)39(53)49(36)23-25/h19-20,22,25-27,29,33-36H,3-18,21,23-24H2,1-2H3,(H,45,52)(H,46,51)/t25-,26+,29+,33+,34+,35+,36+/m1/s1. The first-order chi connectivity index (χ1) is 27.3. The summed E-state index contributed by atoms with van der Waals surface area (Å²) in [6.45, 7) is 3.50. The summed E-state index contributed by atoms with van der Waals surface area (Å²) in [6.07, 6.45) is 8.74. The topological polar surface area (TPSA) is 162 Å². The van der Waals surface area contributed by atoms with Crippen LogP contribution in [0.5, 0.6) is 0 Å². The Morgan fingerprint density at radius 3 is 2.21 bits per heavy atom. The number of carbonyl (C=O) groups excluding carboxylic acids is 7. The molecule has 1 aromatic rings. The molecule has 1 saturated carbocycles. The number of fused-ring (bicyclic) bond motifs is 3. The number of amides is 5. The molecule has 4 aliphatic heterocycles. The fourth-order valence-corrected chi connectivity index (χ4v) is 9.49. The van der Waals surface area contributed by atoms with Gasteiger partial charge in [-0.15, -0.1) is 0 Å². The third-order valence-corrected chi connectivity index (χ3v) is 12.5. The van der Waals surface area contributed by atoms with Gasteiger partial charge in [0, 0.05) is 44.5 Å². The monoisotopic (exact) mass is 797 g/mol. The summed E-state index contributed by atoms with van der Waals surface area (Å²) >= 11 is 0. The van der Waals surface area contributed by atoms with E-state index in [0.29, 0.717) is 57.1 Å². The van der Waals surface area contributed by atoms with E-state index in [9.17, 15) is 42.3 Å². The largest absolute Gasteiger partial charge is 0.461 e. The van der Waals surface area contributed by atoms with E-state index < -0.39 is 89.9 Å². The van der Waals surface area contributed by atoms with Crippen LogP contribution < -0.4 is 10.6 Å². The van der Waals surface area contributed by atoms with Gasteiger partial charge in [-0.05, 0) is 87.8 Å². The van der Waals surface area contributed by atoms with Crippen LogP contribution in [0.4, 0.5) is 8.78 Å². The van der Waals surface area contributed by atoms with E-state index in [1.807, 2.05) is 6.92 Å². The molecule has 0 unspecified atom stereocenters. The van der Waals surface area contributed by atoms with Crippen LogP contribution in [-0.2, 0) is 44.7 Å². The third-order valence-electron chi connectivity index (χ3n) is 12.5. The molecule has 2 N–H and O–H groups in total. The number of halogens is 2. The van der Waals surface area contributed by atoms with Crippen LogP contribution >= 0.6 is 0 Å².